The summed E-state index contributed by atoms with van der Waals surface area (Å²) in [7, 11) is 0. The predicted octanol–water partition coefficient (Wildman–Crippen LogP) is 3.89. The SMILES string of the molecule is CC(C)C1CCCC(Nc2cccnc2-n2cccn2)C1. The fourth-order valence-electron chi connectivity index (χ4n) is 3.27. The minimum absolute atomic E-state index is 0.546. The van der Waals surface area contributed by atoms with Crippen molar-refractivity contribution in [3.8, 4) is 5.82 Å². The Morgan fingerprint density at radius 2 is 2.14 bits per heavy atom. The summed E-state index contributed by atoms with van der Waals surface area (Å²) in [5.41, 5.74) is 1.08. The first-order chi connectivity index (χ1) is 10.2. The van der Waals surface area contributed by atoms with Gasteiger partial charge >= 0.3 is 0 Å². The standard InChI is InChI=1S/C17H24N4/c1-13(2)14-6-3-7-15(12-14)20-16-8-4-9-18-17(16)21-11-5-10-19-21/h4-5,8-11,13-15,20H,3,6-7,12H2,1-2H3. The van der Waals surface area contributed by atoms with Gasteiger partial charge in [0.25, 0.3) is 0 Å². The zero-order valence-corrected chi connectivity index (χ0v) is 12.9. The summed E-state index contributed by atoms with van der Waals surface area (Å²) in [6.45, 7) is 4.68. The molecule has 1 N–H and O–H groups in total. The van der Waals surface area contributed by atoms with E-state index < -0.39 is 0 Å². The normalized spacial score (nSPS) is 22.4. The van der Waals surface area contributed by atoms with E-state index in [1.54, 1.807) is 6.20 Å². The third kappa shape index (κ3) is 3.26. The molecular weight excluding hydrogens is 260 g/mol. The van der Waals surface area contributed by atoms with Crippen LogP contribution in [0.15, 0.2) is 36.8 Å². The molecule has 4 nitrogen and oxygen atoms in total. The van der Waals surface area contributed by atoms with E-state index >= 15 is 0 Å². The Kier molecular flexibility index (Phi) is 4.23. The Labute approximate surface area is 126 Å². The van der Waals surface area contributed by atoms with E-state index in [4.69, 9.17) is 0 Å². The van der Waals surface area contributed by atoms with Crippen molar-refractivity contribution in [2.75, 3.05) is 5.32 Å². The van der Waals surface area contributed by atoms with E-state index in [-0.39, 0.29) is 0 Å². The minimum Gasteiger partial charge on any atom is -0.379 e. The Bertz CT molecular complexity index is 562. The smallest absolute Gasteiger partial charge is 0.176 e. The van der Waals surface area contributed by atoms with Crippen molar-refractivity contribution in [3.05, 3.63) is 36.8 Å². The summed E-state index contributed by atoms with van der Waals surface area (Å²) in [5, 5.41) is 8.00. The zero-order valence-electron chi connectivity index (χ0n) is 12.9. The van der Waals surface area contributed by atoms with Crippen LogP contribution in [0, 0.1) is 11.8 Å². The Morgan fingerprint density at radius 1 is 1.24 bits per heavy atom. The molecule has 112 valence electrons. The van der Waals surface area contributed by atoms with Crippen molar-refractivity contribution in [1.82, 2.24) is 14.8 Å². The molecule has 0 spiro atoms. The molecule has 3 rings (SSSR count). The summed E-state index contributed by atoms with van der Waals surface area (Å²) in [6, 6.07) is 6.55. The monoisotopic (exact) mass is 284 g/mol. The molecule has 2 aromatic rings. The molecule has 0 aromatic carbocycles. The van der Waals surface area contributed by atoms with Gasteiger partial charge in [-0.3, -0.25) is 0 Å². The second kappa shape index (κ2) is 6.29. The molecule has 0 saturated heterocycles. The van der Waals surface area contributed by atoms with E-state index in [2.05, 4.69) is 35.3 Å². The number of aromatic nitrogens is 3. The molecule has 1 saturated carbocycles. The van der Waals surface area contributed by atoms with Crippen molar-refractivity contribution in [3.63, 3.8) is 0 Å². The number of hydrogen-bond acceptors (Lipinski definition) is 3. The average Bonchev–Trinajstić information content (AvgIpc) is 3.02. The average molecular weight is 284 g/mol. The van der Waals surface area contributed by atoms with Crippen molar-refractivity contribution >= 4 is 5.69 Å². The van der Waals surface area contributed by atoms with Crippen LogP contribution in [0.4, 0.5) is 5.69 Å². The van der Waals surface area contributed by atoms with Crippen molar-refractivity contribution in [2.24, 2.45) is 11.8 Å². The number of rotatable bonds is 4. The molecule has 1 aliphatic rings. The molecule has 2 atom stereocenters. The highest BCUT2D eigenvalue weighted by atomic mass is 15.3. The number of nitrogens with zero attached hydrogens (tertiary/aromatic N) is 3. The maximum atomic E-state index is 4.48. The topological polar surface area (TPSA) is 42.7 Å². The van der Waals surface area contributed by atoms with Gasteiger partial charge in [-0.2, -0.15) is 5.10 Å². The van der Waals surface area contributed by atoms with Gasteiger partial charge in [0.05, 0.1) is 5.69 Å². The Hall–Kier alpha value is -1.84. The summed E-state index contributed by atoms with van der Waals surface area (Å²) in [4.78, 5) is 4.48. The van der Waals surface area contributed by atoms with Crippen LogP contribution in [0.1, 0.15) is 39.5 Å². The van der Waals surface area contributed by atoms with Gasteiger partial charge in [-0.05, 0) is 42.9 Å². The first kappa shape index (κ1) is 14.1. The molecular formula is C17H24N4. The minimum atomic E-state index is 0.546. The predicted molar refractivity (Wildman–Crippen MR) is 85.6 cm³/mol. The van der Waals surface area contributed by atoms with Crippen molar-refractivity contribution < 1.29 is 0 Å². The first-order valence-electron chi connectivity index (χ1n) is 7.95. The molecule has 1 fully saturated rings. The molecule has 21 heavy (non-hydrogen) atoms. The van der Waals surface area contributed by atoms with Crippen LogP contribution in [0.2, 0.25) is 0 Å². The van der Waals surface area contributed by atoms with Crippen LogP contribution in [-0.2, 0) is 0 Å². The van der Waals surface area contributed by atoms with Crippen LogP contribution in [0.5, 0.6) is 0 Å². The van der Waals surface area contributed by atoms with Gasteiger partial charge in [0.15, 0.2) is 5.82 Å². The van der Waals surface area contributed by atoms with Crippen molar-refractivity contribution in [2.45, 2.75) is 45.6 Å². The number of pyridine rings is 1. The number of anilines is 1. The van der Waals surface area contributed by atoms with Gasteiger partial charge in [-0.1, -0.05) is 26.7 Å². The molecule has 4 heteroatoms. The summed E-state index contributed by atoms with van der Waals surface area (Å²) < 4.78 is 1.82. The maximum absolute atomic E-state index is 4.48. The zero-order chi connectivity index (χ0) is 14.7. The second-order valence-corrected chi connectivity index (χ2v) is 6.34. The molecule has 2 heterocycles. The van der Waals surface area contributed by atoms with Crippen LogP contribution in [0.3, 0.4) is 0 Å². The van der Waals surface area contributed by atoms with Gasteiger partial charge in [0.1, 0.15) is 0 Å². The lowest BCUT2D eigenvalue weighted by molar-refractivity contribution is 0.264. The third-order valence-corrected chi connectivity index (χ3v) is 4.53. The number of nitrogens with one attached hydrogen (secondary N) is 1. The van der Waals surface area contributed by atoms with Gasteiger partial charge < -0.3 is 5.32 Å². The fraction of sp³-hybridized carbons (Fsp3) is 0.529. The van der Waals surface area contributed by atoms with Gasteiger partial charge in [0, 0.05) is 24.6 Å². The second-order valence-electron chi connectivity index (χ2n) is 6.34. The molecule has 0 bridgehead atoms. The van der Waals surface area contributed by atoms with E-state index in [1.165, 1.54) is 25.7 Å². The lowest BCUT2D eigenvalue weighted by Gasteiger charge is -2.33. The van der Waals surface area contributed by atoms with Crippen molar-refractivity contribution in [1.29, 1.82) is 0 Å². The van der Waals surface area contributed by atoms with Gasteiger partial charge in [0.2, 0.25) is 0 Å². The third-order valence-electron chi connectivity index (χ3n) is 4.53. The lowest BCUT2D eigenvalue weighted by atomic mass is 9.79. The Balaban J connectivity index is 1.76. The largest absolute Gasteiger partial charge is 0.379 e. The first-order valence-corrected chi connectivity index (χ1v) is 7.95. The molecule has 2 aromatic heterocycles. The lowest BCUT2D eigenvalue weighted by Crippen LogP contribution is -2.30. The fourth-order valence-corrected chi connectivity index (χ4v) is 3.27. The van der Waals surface area contributed by atoms with Crippen LogP contribution in [0.25, 0.3) is 5.82 Å². The Morgan fingerprint density at radius 3 is 2.90 bits per heavy atom. The van der Waals surface area contributed by atoms with Crippen LogP contribution in [-0.4, -0.2) is 20.8 Å². The van der Waals surface area contributed by atoms with Crippen LogP contribution >= 0.6 is 0 Å². The molecule has 0 radical (unpaired) electrons. The molecule has 1 aliphatic carbocycles. The van der Waals surface area contributed by atoms with E-state index in [9.17, 15) is 0 Å². The molecule has 2 unspecified atom stereocenters. The van der Waals surface area contributed by atoms with Gasteiger partial charge in [-0.25, -0.2) is 9.67 Å². The number of hydrogen-bond donors (Lipinski definition) is 1. The van der Waals surface area contributed by atoms with E-state index in [0.717, 1.165) is 23.3 Å². The highest BCUT2D eigenvalue weighted by molar-refractivity contribution is 5.56. The highest BCUT2D eigenvalue weighted by Crippen LogP contribution is 2.32. The summed E-state index contributed by atoms with van der Waals surface area (Å²) in [5.74, 6) is 2.49. The van der Waals surface area contributed by atoms with E-state index in [0.29, 0.717) is 6.04 Å². The van der Waals surface area contributed by atoms with Gasteiger partial charge in [-0.15, -0.1) is 0 Å². The quantitative estimate of drug-likeness (QED) is 0.926. The highest BCUT2D eigenvalue weighted by Gasteiger charge is 2.24. The molecule has 0 amide bonds. The van der Waals surface area contributed by atoms with E-state index in [1.807, 2.05) is 29.2 Å². The summed E-state index contributed by atoms with van der Waals surface area (Å²) >= 11 is 0. The van der Waals surface area contributed by atoms with Crippen LogP contribution < -0.4 is 5.32 Å². The maximum Gasteiger partial charge on any atom is 0.176 e. The summed E-state index contributed by atoms with van der Waals surface area (Å²) in [6.07, 6.45) is 10.7. The molecule has 0 aliphatic heterocycles.